The summed E-state index contributed by atoms with van der Waals surface area (Å²) in [5.41, 5.74) is 0. The molecule has 4 saturated carbocycles. The summed E-state index contributed by atoms with van der Waals surface area (Å²) >= 11 is 0. The fourth-order valence-electron chi connectivity index (χ4n) is 3.98. The molecule has 0 N–H and O–H groups in total. The molecule has 0 heterocycles. The summed E-state index contributed by atoms with van der Waals surface area (Å²) in [7, 11) is 0. The average Bonchev–Trinajstić information content (AvgIpc) is 2.01. The van der Waals surface area contributed by atoms with Gasteiger partial charge in [-0.15, -0.1) is 0 Å². The third kappa shape index (κ3) is 1.95. The van der Waals surface area contributed by atoms with Gasteiger partial charge in [-0.2, -0.15) is 0 Å². The first-order chi connectivity index (χ1) is 6.31. The number of carbonyl (C=O) groups is 1. The number of rotatable bonds is 0. The maximum atomic E-state index is 8.81. The second kappa shape index (κ2) is 3.81. The van der Waals surface area contributed by atoms with E-state index in [2.05, 4.69) is 0 Å². The molecule has 4 bridgehead atoms. The summed E-state index contributed by atoms with van der Waals surface area (Å²) in [4.78, 5) is 8.81. The monoisotopic (exact) mass is 180 g/mol. The molecule has 74 valence electrons. The molecule has 13 heavy (non-hydrogen) atoms. The van der Waals surface area contributed by atoms with Crippen LogP contribution in [0.15, 0.2) is 0 Å². The molecule has 0 aromatic heterocycles. The smallest absolute Gasteiger partial charge is 0.116 e. The molecule has 0 unspecified atom stereocenters. The van der Waals surface area contributed by atoms with Gasteiger partial charge in [-0.1, -0.05) is 0 Å². The lowest BCUT2D eigenvalue weighted by Crippen LogP contribution is -2.38. The maximum Gasteiger partial charge on any atom is 0.116 e. The third-order valence-corrected chi connectivity index (χ3v) is 4.00. The standard InChI is InChI=1S/C10H16.C2H4O/c1-7-2-9-4-8(1)5-10(3-7)6-9;1-2-3/h7-10H,1-6H2;2H,1H3. The molecule has 0 amide bonds. The number of carbonyl (C=O) groups excluding carboxylic acids is 1. The molecule has 4 aliphatic carbocycles. The van der Waals surface area contributed by atoms with E-state index in [0.717, 1.165) is 6.29 Å². The van der Waals surface area contributed by atoms with Gasteiger partial charge in [-0.05, 0) is 69.1 Å². The Balaban J connectivity index is 0.000000196. The number of aldehydes is 1. The fourth-order valence-corrected chi connectivity index (χ4v) is 3.98. The lowest BCUT2D eigenvalue weighted by atomic mass is 9.56. The van der Waals surface area contributed by atoms with Crippen LogP contribution in [0.3, 0.4) is 0 Å². The molecule has 0 aromatic carbocycles. The van der Waals surface area contributed by atoms with Crippen molar-refractivity contribution in [3.8, 4) is 0 Å². The molecule has 0 atom stereocenters. The van der Waals surface area contributed by atoms with E-state index in [1.807, 2.05) is 0 Å². The quantitative estimate of drug-likeness (QED) is 0.524. The summed E-state index contributed by atoms with van der Waals surface area (Å²) < 4.78 is 0. The second-order valence-electron chi connectivity index (χ2n) is 5.11. The van der Waals surface area contributed by atoms with Crippen LogP contribution in [0.5, 0.6) is 0 Å². The van der Waals surface area contributed by atoms with E-state index in [9.17, 15) is 0 Å². The Morgan fingerprint density at radius 1 is 0.769 bits per heavy atom. The van der Waals surface area contributed by atoms with E-state index < -0.39 is 0 Å². The van der Waals surface area contributed by atoms with Crippen LogP contribution in [0.25, 0.3) is 0 Å². The minimum Gasteiger partial charge on any atom is -0.304 e. The molecule has 4 aliphatic rings. The summed E-state index contributed by atoms with van der Waals surface area (Å²) in [6.45, 7) is 1.44. The Labute approximate surface area is 80.9 Å². The Hall–Kier alpha value is -0.330. The first-order valence-electron chi connectivity index (χ1n) is 5.71. The molecule has 0 radical (unpaired) electrons. The van der Waals surface area contributed by atoms with E-state index in [0.29, 0.717) is 0 Å². The van der Waals surface area contributed by atoms with Gasteiger partial charge in [-0.3, -0.25) is 0 Å². The van der Waals surface area contributed by atoms with E-state index in [4.69, 9.17) is 4.79 Å². The zero-order chi connectivity index (χ0) is 9.26. The highest BCUT2D eigenvalue weighted by Crippen LogP contribution is 2.53. The Kier molecular flexibility index (Phi) is 2.71. The van der Waals surface area contributed by atoms with Crippen LogP contribution in [0.1, 0.15) is 45.4 Å². The van der Waals surface area contributed by atoms with Crippen molar-refractivity contribution in [3.05, 3.63) is 0 Å². The van der Waals surface area contributed by atoms with Crippen LogP contribution >= 0.6 is 0 Å². The van der Waals surface area contributed by atoms with Crippen molar-refractivity contribution in [1.29, 1.82) is 0 Å². The molecule has 4 fully saturated rings. The Bertz CT molecular complexity index is 129. The molecule has 1 heteroatoms. The highest BCUT2D eigenvalue weighted by molar-refractivity contribution is 5.44. The predicted molar refractivity (Wildman–Crippen MR) is 53.4 cm³/mol. The van der Waals surface area contributed by atoms with Gasteiger partial charge in [0.25, 0.3) is 0 Å². The van der Waals surface area contributed by atoms with Gasteiger partial charge in [0, 0.05) is 0 Å². The van der Waals surface area contributed by atoms with Crippen molar-refractivity contribution >= 4 is 6.29 Å². The van der Waals surface area contributed by atoms with Crippen molar-refractivity contribution in [2.45, 2.75) is 45.4 Å². The molecule has 1 nitrogen and oxygen atoms in total. The van der Waals surface area contributed by atoms with Crippen molar-refractivity contribution in [1.82, 2.24) is 0 Å². The second-order valence-corrected chi connectivity index (χ2v) is 5.11. The minimum atomic E-state index is 0.750. The van der Waals surface area contributed by atoms with Crippen LogP contribution in [-0.4, -0.2) is 6.29 Å². The summed E-state index contributed by atoms with van der Waals surface area (Å²) in [6, 6.07) is 0. The van der Waals surface area contributed by atoms with Crippen LogP contribution in [-0.2, 0) is 4.79 Å². The zero-order valence-corrected chi connectivity index (χ0v) is 8.54. The first kappa shape index (κ1) is 9.23. The van der Waals surface area contributed by atoms with Crippen molar-refractivity contribution < 1.29 is 4.79 Å². The molecule has 0 aliphatic heterocycles. The highest BCUT2D eigenvalue weighted by atomic mass is 16.1. The van der Waals surface area contributed by atoms with Crippen molar-refractivity contribution in [2.24, 2.45) is 23.7 Å². The van der Waals surface area contributed by atoms with E-state index >= 15 is 0 Å². The fraction of sp³-hybridized carbons (Fsp3) is 0.917. The average molecular weight is 180 g/mol. The SMILES string of the molecule is C1C2CC3CC1CC(C2)C3.CC=O. The molecular weight excluding hydrogens is 160 g/mol. The van der Waals surface area contributed by atoms with Crippen LogP contribution in [0.2, 0.25) is 0 Å². The van der Waals surface area contributed by atoms with Crippen LogP contribution in [0, 0.1) is 23.7 Å². The topological polar surface area (TPSA) is 17.1 Å². The lowest BCUT2D eigenvalue weighted by molar-refractivity contribution is -0.106. The Morgan fingerprint density at radius 3 is 1.08 bits per heavy atom. The lowest BCUT2D eigenvalue weighted by Gasteiger charge is -2.49. The van der Waals surface area contributed by atoms with Gasteiger partial charge >= 0.3 is 0 Å². The van der Waals surface area contributed by atoms with Gasteiger partial charge in [0.05, 0.1) is 0 Å². The zero-order valence-electron chi connectivity index (χ0n) is 8.54. The van der Waals surface area contributed by atoms with E-state index in [1.165, 1.54) is 30.6 Å². The van der Waals surface area contributed by atoms with Gasteiger partial charge in [0.2, 0.25) is 0 Å². The molecule has 0 aromatic rings. The summed E-state index contributed by atoms with van der Waals surface area (Å²) in [6.07, 6.45) is 10.4. The molecule has 4 rings (SSSR count). The van der Waals surface area contributed by atoms with Gasteiger partial charge in [0.1, 0.15) is 6.29 Å². The van der Waals surface area contributed by atoms with Crippen LogP contribution in [0.4, 0.5) is 0 Å². The normalized spacial score (nSPS) is 45.3. The number of hydrogen-bond donors (Lipinski definition) is 0. The van der Waals surface area contributed by atoms with Gasteiger partial charge in [0.15, 0.2) is 0 Å². The predicted octanol–water partition coefficient (Wildman–Crippen LogP) is 3.04. The molecular formula is C12H20O. The number of hydrogen-bond acceptors (Lipinski definition) is 1. The van der Waals surface area contributed by atoms with Gasteiger partial charge < -0.3 is 4.79 Å². The van der Waals surface area contributed by atoms with Crippen molar-refractivity contribution in [3.63, 3.8) is 0 Å². The minimum absolute atomic E-state index is 0.750. The Morgan fingerprint density at radius 2 is 0.923 bits per heavy atom. The van der Waals surface area contributed by atoms with Gasteiger partial charge in [-0.25, -0.2) is 0 Å². The highest BCUT2D eigenvalue weighted by Gasteiger charge is 2.41. The first-order valence-corrected chi connectivity index (χ1v) is 5.71. The molecule has 0 spiro atoms. The largest absolute Gasteiger partial charge is 0.304 e. The van der Waals surface area contributed by atoms with E-state index in [1.54, 1.807) is 38.5 Å². The van der Waals surface area contributed by atoms with Crippen LogP contribution < -0.4 is 0 Å². The molecule has 0 saturated heterocycles. The van der Waals surface area contributed by atoms with E-state index in [-0.39, 0.29) is 0 Å². The summed E-state index contributed by atoms with van der Waals surface area (Å²) in [5, 5.41) is 0. The van der Waals surface area contributed by atoms with Crippen molar-refractivity contribution in [2.75, 3.05) is 0 Å². The maximum absolute atomic E-state index is 8.81. The summed E-state index contributed by atoms with van der Waals surface area (Å²) in [5.74, 6) is 4.71. The third-order valence-electron chi connectivity index (χ3n) is 4.00.